The maximum atomic E-state index is 12.8. The number of aromatic nitrogens is 2. The van der Waals surface area contributed by atoms with Crippen LogP contribution in [-0.2, 0) is 18.7 Å². The summed E-state index contributed by atoms with van der Waals surface area (Å²) in [5, 5.41) is 12.2. The number of benzene rings is 3. The maximum absolute atomic E-state index is 12.8. The Labute approximate surface area is 238 Å². The number of hydrogen-bond acceptors (Lipinski definition) is 6. The van der Waals surface area contributed by atoms with Crippen LogP contribution in [0, 0.1) is 0 Å². The third kappa shape index (κ3) is 6.81. The molecule has 2 N–H and O–H groups in total. The van der Waals surface area contributed by atoms with Crippen LogP contribution in [-0.4, -0.2) is 39.0 Å². The van der Waals surface area contributed by atoms with E-state index >= 15 is 0 Å². The summed E-state index contributed by atoms with van der Waals surface area (Å²) in [4.78, 5) is 30.5. The van der Waals surface area contributed by atoms with Gasteiger partial charge in [-0.2, -0.15) is 0 Å². The number of amides is 1. The summed E-state index contributed by atoms with van der Waals surface area (Å²) in [5.74, 6) is 1.31. The number of rotatable bonds is 11. The van der Waals surface area contributed by atoms with E-state index in [1.807, 2.05) is 59.3 Å². The fraction of sp³-hybridized carbons (Fsp3) is 0.281. The van der Waals surface area contributed by atoms with Crippen molar-refractivity contribution in [3.63, 3.8) is 0 Å². The highest BCUT2D eigenvalue weighted by molar-refractivity contribution is 7.98. The number of hydrogen-bond donors (Lipinski definition) is 2. The van der Waals surface area contributed by atoms with Crippen molar-refractivity contribution < 1.29 is 19.4 Å². The number of ketones is 1. The van der Waals surface area contributed by atoms with E-state index in [0.29, 0.717) is 24.3 Å². The molecule has 2 atom stereocenters. The van der Waals surface area contributed by atoms with Crippen LogP contribution in [0.25, 0.3) is 0 Å². The Kier molecular flexibility index (Phi) is 8.98. The van der Waals surface area contributed by atoms with E-state index in [2.05, 4.69) is 22.4 Å². The van der Waals surface area contributed by atoms with Gasteiger partial charge in [-0.25, -0.2) is 4.98 Å². The van der Waals surface area contributed by atoms with Gasteiger partial charge >= 0.3 is 0 Å². The van der Waals surface area contributed by atoms with Crippen molar-refractivity contribution in [2.45, 2.75) is 55.6 Å². The third-order valence-electron chi connectivity index (χ3n) is 6.93. The number of carbonyl (C=O) groups is 2. The molecule has 5 rings (SSSR count). The normalized spacial score (nSPS) is 14.3. The van der Waals surface area contributed by atoms with Crippen LogP contribution >= 0.6 is 11.8 Å². The molecule has 7 nitrogen and oxygen atoms in total. The summed E-state index contributed by atoms with van der Waals surface area (Å²) in [5.41, 5.74) is 4.45. The van der Waals surface area contributed by atoms with Gasteiger partial charge < -0.3 is 19.7 Å². The summed E-state index contributed by atoms with van der Waals surface area (Å²) in [6.45, 7) is 2.42. The van der Waals surface area contributed by atoms with Crippen molar-refractivity contribution in [3.05, 3.63) is 113 Å². The Balaban J connectivity index is 1.43. The molecule has 1 aliphatic rings. The van der Waals surface area contributed by atoms with Gasteiger partial charge in [0.1, 0.15) is 11.9 Å². The van der Waals surface area contributed by atoms with Gasteiger partial charge in [0.25, 0.3) is 5.91 Å². The number of nitrogens with zero attached hydrogens (tertiary/aromatic N) is 2. The highest BCUT2D eigenvalue weighted by Crippen LogP contribution is 2.38. The monoisotopic (exact) mass is 555 g/mol. The molecule has 1 aliphatic carbocycles. The second kappa shape index (κ2) is 13.0. The first-order valence-corrected chi connectivity index (χ1v) is 14.5. The molecule has 8 heteroatoms. The quantitative estimate of drug-likeness (QED) is 0.233. The van der Waals surface area contributed by atoms with Crippen LogP contribution in [0.3, 0.4) is 0 Å². The van der Waals surface area contributed by atoms with E-state index < -0.39 is 6.10 Å². The molecule has 0 spiro atoms. The molecular weight excluding hydrogens is 522 g/mol. The molecule has 0 bridgehead atoms. The SMILES string of the molecule is CC(O)CNC(=O)c1cccc(SCc2c(OC(Cn3ccnc3)c3ccccc3)ccc3c2CCCC3=O)c1. The Morgan fingerprint density at radius 1 is 1.12 bits per heavy atom. The van der Waals surface area contributed by atoms with Crippen molar-refractivity contribution in [3.8, 4) is 5.75 Å². The largest absolute Gasteiger partial charge is 0.484 e. The molecule has 1 aromatic heterocycles. The predicted molar refractivity (Wildman–Crippen MR) is 156 cm³/mol. The van der Waals surface area contributed by atoms with E-state index in [4.69, 9.17) is 4.74 Å². The predicted octanol–water partition coefficient (Wildman–Crippen LogP) is 5.63. The fourth-order valence-electron chi connectivity index (χ4n) is 4.89. The topological polar surface area (TPSA) is 93.4 Å². The minimum atomic E-state index is -0.611. The van der Waals surface area contributed by atoms with Crippen LogP contribution < -0.4 is 10.1 Å². The standard InChI is InChI=1S/C32H33N3O4S/c1-22(36)18-34-32(38)24-9-5-10-25(17-24)40-20-28-26-11-6-12-29(37)27(26)13-14-30(28)39-31(19-35-16-15-33-21-35)23-7-3-2-4-8-23/h2-5,7-10,13-17,21-22,31,36H,6,11-12,18-20H2,1H3,(H,34,38). The Morgan fingerprint density at radius 2 is 1.98 bits per heavy atom. The molecule has 3 aromatic carbocycles. The van der Waals surface area contributed by atoms with Crippen LogP contribution in [0.15, 0.2) is 90.3 Å². The summed E-state index contributed by atoms with van der Waals surface area (Å²) in [7, 11) is 0. The second-order valence-corrected chi connectivity index (χ2v) is 11.0. The number of aliphatic hydroxyl groups excluding tert-OH is 1. The Bertz CT molecular complexity index is 1450. The molecular formula is C32H33N3O4S. The van der Waals surface area contributed by atoms with Crippen LogP contribution in [0.4, 0.5) is 0 Å². The molecule has 0 fully saturated rings. The van der Waals surface area contributed by atoms with Gasteiger partial charge in [-0.15, -0.1) is 11.8 Å². The van der Waals surface area contributed by atoms with Crippen LogP contribution in [0.2, 0.25) is 0 Å². The minimum Gasteiger partial charge on any atom is -0.484 e. The van der Waals surface area contributed by atoms with E-state index in [-0.39, 0.29) is 24.3 Å². The number of imidazole rings is 1. The van der Waals surface area contributed by atoms with E-state index in [1.165, 1.54) is 0 Å². The molecule has 2 unspecified atom stereocenters. The molecule has 0 aliphatic heterocycles. The average molecular weight is 556 g/mol. The zero-order valence-corrected chi connectivity index (χ0v) is 23.3. The van der Waals surface area contributed by atoms with Crippen molar-refractivity contribution in [1.82, 2.24) is 14.9 Å². The first-order valence-electron chi connectivity index (χ1n) is 13.5. The lowest BCUT2D eigenvalue weighted by molar-refractivity contribution is 0.0923. The Morgan fingerprint density at radius 3 is 2.75 bits per heavy atom. The van der Waals surface area contributed by atoms with Crippen LogP contribution in [0.1, 0.15) is 63.3 Å². The van der Waals surface area contributed by atoms with Gasteiger partial charge in [0.15, 0.2) is 5.78 Å². The highest BCUT2D eigenvalue weighted by atomic mass is 32.2. The average Bonchev–Trinajstić information content (AvgIpc) is 3.49. The first-order chi connectivity index (χ1) is 19.5. The number of carbonyl (C=O) groups excluding carboxylic acids is 2. The number of aliphatic hydroxyl groups is 1. The molecule has 1 heterocycles. The van der Waals surface area contributed by atoms with Crippen LogP contribution in [0.5, 0.6) is 5.75 Å². The number of Topliss-reactive ketones (excluding diaryl/α,β-unsaturated/α-hetero) is 1. The molecule has 1 amide bonds. The summed E-state index contributed by atoms with van der Waals surface area (Å²) < 4.78 is 8.75. The highest BCUT2D eigenvalue weighted by Gasteiger charge is 2.25. The lowest BCUT2D eigenvalue weighted by Crippen LogP contribution is -2.30. The summed E-state index contributed by atoms with van der Waals surface area (Å²) in [6, 6.07) is 21.4. The smallest absolute Gasteiger partial charge is 0.251 e. The number of thioether (sulfide) groups is 1. The van der Waals surface area contributed by atoms with Crippen molar-refractivity contribution in [1.29, 1.82) is 0 Å². The number of nitrogens with one attached hydrogen (secondary N) is 1. The summed E-state index contributed by atoms with van der Waals surface area (Å²) >= 11 is 1.61. The van der Waals surface area contributed by atoms with Gasteiger partial charge in [0.2, 0.25) is 0 Å². The number of fused-ring (bicyclic) bond motifs is 1. The van der Waals surface area contributed by atoms with Crippen molar-refractivity contribution >= 4 is 23.5 Å². The first kappa shape index (κ1) is 27.7. The molecule has 0 radical (unpaired) electrons. The fourth-order valence-corrected chi connectivity index (χ4v) is 5.90. The van der Waals surface area contributed by atoms with Gasteiger partial charge in [-0.1, -0.05) is 36.4 Å². The third-order valence-corrected chi connectivity index (χ3v) is 7.95. The van der Waals surface area contributed by atoms with Gasteiger partial charge in [0, 0.05) is 52.7 Å². The molecule has 0 saturated carbocycles. The number of ether oxygens (including phenoxy) is 1. The van der Waals surface area contributed by atoms with Crippen molar-refractivity contribution in [2.75, 3.05) is 6.54 Å². The summed E-state index contributed by atoms with van der Waals surface area (Å²) in [6.07, 6.45) is 6.82. The molecule has 40 heavy (non-hydrogen) atoms. The van der Waals surface area contributed by atoms with Crippen molar-refractivity contribution in [2.24, 2.45) is 0 Å². The van der Waals surface area contributed by atoms with E-state index in [0.717, 1.165) is 45.7 Å². The zero-order valence-electron chi connectivity index (χ0n) is 22.5. The minimum absolute atomic E-state index is 0.175. The molecule has 206 valence electrons. The lowest BCUT2D eigenvalue weighted by atomic mass is 9.87. The van der Waals surface area contributed by atoms with Gasteiger partial charge in [-0.05, 0) is 61.2 Å². The second-order valence-electron chi connectivity index (χ2n) is 10.00. The van der Waals surface area contributed by atoms with Gasteiger partial charge in [0.05, 0.1) is 19.0 Å². The zero-order chi connectivity index (χ0) is 27.9. The van der Waals surface area contributed by atoms with E-state index in [9.17, 15) is 14.7 Å². The maximum Gasteiger partial charge on any atom is 0.251 e. The molecule has 4 aromatic rings. The lowest BCUT2D eigenvalue weighted by Gasteiger charge is -2.25. The van der Waals surface area contributed by atoms with E-state index in [1.54, 1.807) is 37.3 Å². The Hall–Kier alpha value is -3.88. The molecule has 0 saturated heterocycles. The van der Waals surface area contributed by atoms with Gasteiger partial charge in [-0.3, -0.25) is 9.59 Å².